The van der Waals surface area contributed by atoms with Gasteiger partial charge in [0.05, 0.1) is 22.7 Å². The summed E-state index contributed by atoms with van der Waals surface area (Å²) in [6, 6.07) is 1.96. The van der Waals surface area contributed by atoms with Crippen molar-refractivity contribution in [3.8, 4) is 5.75 Å². The molecule has 1 aromatic carbocycles. The van der Waals surface area contributed by atoms with Crippen LogP contribution in [0.15, 0.2) is 12.1 Å². The standard InChI is InChI=1S/C12H14ClNO6/c1-7(2)19-3-4-20-11-9(12(15)16)5-8(14(17)18)6-10(11)13/h5-7H,3-4H2,1-2H3,(H,15,16). The highest BCUT2D eigenvalue weighted by Gasteiger charge is 2.21. The minimum atomic E-state index is -1.35. The molecule has 7 nitrogen and oxygen atoms in total. The van der Waals surface area contributed by atoms with Gasteiger partial charge >= 0.3 is 5.97 Å². The molecule has 0 spiro atoms. The molecule has 0 aromatic heterocycles. The van der Waals surface area contributed by atoms with E-state index in [2.05, 4.69) is 0 Å². The SMILES string of the molecule is CC(C)OCCOc1c(Cl)cc([N+](=O)[O-])cc1C(=O)O. The van der Waals surface area contributed by atoms with Crippen molar-refractivity contribution in [2.75, 3.05) is 13.2 Å². The molecule has 0 radical (unpaired) electrons. The molecule has 0 unspecified atom stereocenters. The minimum absolute atomic E-state index is 0.0184. The lowest BCUT2D eigenvalue weighted by molar-refractivity contribution is -0.384. The summed E-state index contributed by atoms with van der Waals surface area (Å²) in [5.41, 5.74) is -0.757. The van der Waals surface area contributed by atoms with E-state index in [-0.39, 0.29) is 35.7 Å². The number of hydrogen-bond acceptors (Lipinski definition) is 5. The Morgan fingerprint density at radius 1 is 1.45 bits per heavy atom. The minimum Gasteiger partial charge on any atom is -0.489 e. The van der Waals surface area contributed by atoms with Gasteiger partial charge in [-0.2, -0.15) is 0 Å². The number of hydrogen-bond donors (Lipinski definition) is 1. The molecule has 0 aliphatic carbocycles. The number of benzene rings is 1. The maximum atomic E-state index is 11.1. The van der Waals surface area contributed by atoms with Crippen LogP contribution in [-0.4, -0.2) is 35.3 Å². The lowest BCUT2D eigenvalue weighted by atomic mass is 10.2. The third kappa shape index (κ3) is 4.36. The highest BCUT2D eigenvalue weighted by atomic mass is 35.5. The van der Waals surface area contributed by atoms with Crippen LogP contribution >= 0.6 is 11.6 Å². The number of carboxylic acids is 1. The summed E-state index contributed by atoms with van der Waals surface area (Å²) < 4.78 is 10.5. The summed E-state index contributed by atoms with van der Waals surface area (Å²) in [6.07, 6.45) is 0.0184. The van der Waals surface area contributed by atoms with E-state index in [4.69, 9.17) is 26.2 Å². The van der Waals surface area contributed by atoms with E-state index in [1.165, 1.54) is 0 Å². The molecule has 0 fully saturated rings. The second kappa shape index (κ2) is 7.06. The predicted molar refractivity (Wildman–Crippen MR) is 71.6 cm³/mol. The highest BCUT2D eigenvalue weighted by Crippen LogP contribution is 2.33. The zero-order valence-corrected chi connectivity index (χ0v) is 11.7. The van der Waals surface area contributed by atoms with Gasteiger partial charge in [-0.05, 0) is 13.8 Å². The Labute approximate surface area is 120 Å². The Hall–Kier alpha value is -1.86. The first-order valence-corrected chi connectivity index (χ1v) is 6.16. The van der Waals surface area contributed by atoms with Gasteiger partial charge in [0.2, 0.25) is 0 Å². The van der Waals surface area contributed by atoms with Crippen molar-refractivity contribution in [1.82, 2.24) is 0 Å². The largest absolute Gasteiger partial charge is 0.489 e. The van der Waals surface area contributed by atoms with Gasteiger partial charge in [0, 0.05) is 12.1 Å². The molecule has 110 valence electrons. The van der Waals surface area contributed by atoms with Crippen molar-refractivity contribution in [3.63, 3.8) is 0 Å². The number of non-ortho nitro benzene ring substituents is 1. The van der Waals surface area contributed by atoms with E-state index in [0.717, 1.165) is 12.1 Å². The Morgan fingerprint density at radius 3 is 2.60 bits per heavy atom. The van der Waals surface area contributed by atoms with Crippen LogP contribution in [0.1, 0.15) is 24.2 Å². The molecule has 0 aliphatic rings. The van der Waals surface area contributed by atoms with Gasteiger partial charge in [-0.25, -0.2) is 4.79 Å². The average molecular weight is 304 g/mol. The number of halogens is 1. The Bertz CT molecular complexity index is 517. The Kier molecular flexibility index (Phi) is 5.72. The second-order valence-corrected chi connectivity index (χ2v) is 4.54. The van der Waals surface area contributed by atoms with Crippen molar-refractivity contribution in [1.29, 1.82) is 0 Å². The number of rotatable bonds is 7. The summed E-state index contributed by atoms with van der Waals surface area (Å²) >= 11 is 5.83. The molecule has 8 heteroatoms. The number of carboxylic acid groups (broad SMARTS) is 1. The van der Waals surface area contributed by atoms with Gasteiger partial charge < -0.3 is 14.6 Å². The van der Waals surface area contributed by atoms with Gasteiger partial charge in [-0.3, -0.25) is 10.1 Å². The second-order valence-electron chi connectivity index (χ2n) is 4.13. The van der Waals surface area contributed by atoms with Crippen molar-refractivity contribution in [2.45, 2.75) is 20.0 Å². The first-order chi connectivity index (χ1) is 9.32. The molecular weight excluding hydrogens is 290 g/mol. The number of nitrogens with zero attached hydrogens (tertiary/aromatic N) is 1. The highest BCUT2D eigenvalue weighted by molar-refractivity contribution is 6.32. The zero-order valence-electron chi connectivity index (χ0n) is 11.0. The molecule has 1 aromatic rings. The van der Waals surface area contributed by atoms with Crippen LogP contribution in [0.5, 0.6) is 5.75 Å². The molecule has 0 saturated heterocycles. The van der Waals surface area contributed by atoms with Gasteiger partial charge in [0.25, 0.3) is 5.69 Å². The van der Waals surface area contributed by atoms with E-state index >= 15 is 0 Å². The van der Waals surface area contributed by atoms with Gasteiger partial charge in [0.1, 0.15) is 12.2 Å². The van der Waals surface area contributed by atoms with Crippen molar-refractivity contribution >= 4 is 23.3 Å². The van der Waals surface area contributed by atoms with Crippen molar-refractivity contribution in [2.24, 2.45) is 0 Å². The molecule has 20 heavy (non-hydrogen) atoms. The molecule has 0 atom stereocenters. The monoisotopic (exact) mass is 303 g/mol. The topological polar surface area (TPSA) is 98.9 Å². The summed E-state index contributed by atoms with van der Waals surface area (Å²) in [4.78, 5) is 21.0. The zero-order chi connectivity index (χ0) is 15.3. The normalized spacial score (nSPS) is 10.6. The third-order valence-corrected chi connectivity index (χ3v) is 2.53. The van der Waals surface area contributed by atoms with Crippen LogP contribution in [0.3, 0.4) is 0 Å². The van der Waals surface area contributed by atoms with Crippen LogP contribution in [-0.2, 0) is 4.74 Å². The first-order valence-electron chi connectivity index (χ1n) is 5.78. The smallest absolute Gasteiger partial charge is 0.339 e. The van der Waals surface area contributed by atoms with Crippen LogP contribution in [0.4, 0.5) is 5.69 Å². The Balaban J connectivity index is 2.94. The molecule has 0 heterocycles. The number of nitro benzene ring substituents is 1. The molecule has 0 aliphatic heterocycles. The van der Waals surface area contributed by atoms with Crippen LogP contribution in [0, 0.1) is 10.1 Å². The lowest BCUT2D eigenvalue weighted by Crippen LogP contribution is -2.13. The van der Waals surface area contributed by atoms with Crippen molar-refractivity contribution in [3.05, 3.63) is 32.8 Å². The predicted octanol–water partition coefficient (Wildman–Crippen LogP) is 2.75. The van der Waals surface area contributed by atoms with E-state index in [9.17, 15) is 14.9 Å². The maximum Gasteiger partial charge on any atom is 0.339 e. The van der Waals surface area contributed by atoms with Crippen LogP contribution in [0.25, 0.3) is 0 Å². The quantitative estimate of drug-likeness (QED) is 0.472. The van der Waals surface area contributed by atoms with Crippen LogP contribution < -0.4 is 4.74 Å². The maximum absolute atomic E-state index is 11.1. The summed E-state index contributed by atoms with van der Waals surface area (Å²) in [5, 5.41) is 19.6. The van der Waals surface area contributed by atoms with Gasteiger partial charge in [-0.1, -0.05) is 11.6 Å². The average Bonchev–Trinajstić information content (AvgIpc) is 2.34. The molecule has 1 N–H and O–H groups in total. The Morgan fingerprint density at radius 2 is 2.10 bits per heavy atom. The molecule has 0 amide bonds. The molecule has 0 bridgehead atoms. The van der Waals surface area contributed by atoms with Gasteiger partial charge in [0.15, 0.2) is 5.75 Å². The van der Waals surface area contributed by atoms with E-state index in [1.807, 2.05) is 13.8 Å². The molecule has 0 saturated carbocycles. The number of nitro groups is 1. The van der Waals surface area contributed by atoms with E-state index in [1.54, 1.807) is 0 Å². The first kappa shape index (κ1) is 16.2. The summed E-state index contributed by atoms with van der Waals surface area (Å²) in [7, 11) is 0. The van der Waals surface area contributed by atoms with E-state index in [0.29, 0.717) is 0 Å². The third-order valence-electron chi connectivity index (χ3n) is 2.25. The number of aromatic carboxylic acids is 1. The fourth-order valence-corrected chi connectivity index (χ4v) is 1.69. The summed E-state index contributed by atoms with van der Waals surface area (Å²) in [6.45, 7) is 4.04. The van der Waals surface area contributed by atoms with Crippen molar-refractivity contribution < 1.29 is 24.3 Å². The van der Waals surface area contributed by atoms with Gasteiger partial charge in [-0.15, -0.1) is 0 Å². The fraction of sp³-hybridized carbons (Fsp3) is 0.417. The molecule has 1 rings (SSSR count). The fourth-order valence-electron chi connectivity index (χ4n) is 1.42. The number of ether oxygens (including phenoxy) is 2. The summed E-state index contributed by atoms with van der Waals surface area (Å²) in [5.74, 6) is -1.45. The molecular formula is C12H14ClNO6. The number of carbonyl (C=O) groups is 1. The lowest BCUT2D eigenvalue weighted by Gasteiger charge is -2.12. The van der Waals surface area contributed by atoms with Crippen LogP contribution in [0.2, 0.25) is 5.02 Å². The van der Waals surface area contributed by atoms with E-state index < -0.39 is 16.6 Å².